The van der Waals surface area contributed by atoms with Crippen LogP contribution < -0.4 is 11.4 Å². The number of nitrogen functional groups attached to an aromatic ring is 1. The minimum absolute atomic E-state index is 0.0539. The largest absolute Gasteiger partial charge is 0.394 e. The predicted molar refractivity (Wildman–Crippen MR) is 65.2 cm³/mol. The third-order valence-corrected chi connectivity index (χ3v) is 3.50. The van der Waals surface area contributed by atoms with E-state index in [9.17, 15) is 20.1 Å². The minimum atomic E-state index is -1.61. The molecule has 4 atom stereocenters. The van der Waals surface area contributed by atoms with Crippen molar-refractivity contribution in [2.24, 2.45) is 0 Å². The highest BCUT2D eigenvalue weighted by Crippen LogP contribution is 2.38. The van der Waals surface area contributed by atoms with Gasteiger partial charge in [-0.1, -0.05) is 6.92 Å². The molecule has 0 aliphatic carbocycles. The Morgan fingerprint density at radius 3 is 2.79 bits per heavy atom. The van der Waals surface area contributed by atoms with E-state index in [1.54, 1.807) is 6.92 Å². The Morgan fingerprint density at radius 1 is 1.63 bits per heavy atom. The lowest BCUT2D eigenvalue weighted by atomic mass is 9.89. The number of rotatable bonds is 3. The van der Waals surface area contributed by atoms with Gasteiger partial charge in [-0.05, 0) is 12.5 Å². The molecule has 8 nitrogen and oxygen atoms in total. The van der Waals surface area contributed by atoms with Crippen molar-refractivity contribution >= 4 is 5.82 Å². The molecular formula is C11H17N3O5. The SMILES string of the molecule is CC[C@@]1(O)[C@@H](CO)O[C@@H](n2ccc(N)nc2=O)[C@@H]1O. The van der Waals surface area contributed by atoms with Crippen LogP contribution in [0.15, 0.2) is 17.1 Å². The number of anilines is 1. The Balaban J connectivity index is 2.39. The van der Waals surface area contributed by atoms with Crippen molar-refractivity contribution in [3.63, 3.8) is 0 Å². The van der Waals surface area contributed by atoms with Gasteiger partial charge >= 0.3 is 5.69 Å². The summed E-state index contributed by atoms with van der Waals surface area (Å²) in [5.74, 6) is 0.0539. The number of nitrogens with two attached hydrogens (primary N) is 1. The summed E-state index contributed by atoms with van der Waals surface area (Å²) >= 11 is 0. The molecule has 1 aromatic heterocycles. The summed E-state index contributed by atoms with van der Waals surface area (Å²) in [5, 5.41) is 29.7. The fourth-order valence-corrected chi connectivity index (χ4v) is 2.27. The maximum absolute atomic E-state index is 11.7. The van der Waals surface area contributed by atoms with Crippen LogP contribution in [-0.4, -0.2) is 49.3 Å². The predicted octanol–water partition coefficient (Wildman–Crippen LogP) is -1.78. The van der Waals surface area contributed by atoms with Gasteiger partial charge in [-0.2, -0.15) is 4.98 Å². The monoisotopic (exact) mass is 271 g/mol. The first-order valence-corrected chi connectivity index (χ1v) is 5.95. The van der Waals surface area contributed by atoms with E-state index in [0.29, 0.717) is 0 Å². The van der Waals surface area contributed by atoms with Crippen molar-refractivity contribution in [2.75, 3.05) is 12.3 Å². The van der Waals surface area contributed by atoms with Gasteiger partial charge in [-0.25, -0.2) is 4.79 Å². The Labute approximate surface area is 109 Å². The van der Waals surface area contributed by atoms with E-state index in [1.807, 2.05) is 0 Å². The molecule has 0 radical (unpaired) electrons. The fraction of sp³-hybridized carbons (Fsp3) is 0.636. The van der Waals surface area contributed by atoms with Crippen LogP contribution in [0.3, 0.4) is 0 Å². The highest BCUT2D eigenvalue weighted by atomic mass is 16.6. The first kappa shape index (κ1) is 13.9. The molecule has 1 saturated heterocycles. The Kier molecular flexibility index (Phi) is 3.59. The molecule has 0 bridgehead atoms. The average molecular weight is 271 g/mol. The molecule has 5 N–H and O–H groups in total. The Bertz CT molecular complexity index is 519. The smallest absolute Gasteiger partial charge is 0.351 e. The number of hydrogen-bond acceptors (Lipinski definition) is 7. The van der Waals surface area contributed by atoms with Crippen LogP contribution >= 0.6 is 0 Å². The summed E-state index contributed by atoms with van der Waals surface area (Å²) in [6.07, 6.45) is -1.93. The van der Waals surface area contributed by atoms with Crippen molar-refractivity contribution < 1.29 is 20.1 Å². The molecule has 2 heterocycles. The van der Waals surface area contributed by atoms with Crippen molar-refractivity contribution in [2.45, 2.75) is 37.4 Å². The number of ether oxygens (including phenoxy) is 1. The Hall–Kier alpha value is -1.48. The van der Waals surface area contributed by atoms with Crippen LogP contribution in [0.1, 0.15) is 19.6 Å². The van der Waals surface area contributed by atoms with Gasteiger partial charge in [0.2, 0.25) is 0 Å². The van der Waals surface area contributed by atoms with Gasteiger partial charge in [-0.15, -0.1) is 0 Å². The molecular weight excluding hydrogens is 254 g/mol. The second kappa shape index (κ2) is 4.89. The summed E-state index contributed by atoms with van der Waals surface area (Å²) in [4.78, 5) is 15.2. The fourth-order valence-electron chi connectivity index (χ4n) is 2.27. The number of aromatic nitrogens is 2. The van der Waals surface area contributed by atoms with E-state index in [2.05, 4.69) is 4.98 Å². The molecule has 1 aliphatic rings. The minimum Gasteiger partial charge on any atom is -0.394 e. The van der Waals surface area contributed by atoms with Crippen LogP contribution in [0.5, 0.6) is 0 Å². The van der Waals surface area contributed by atoms with E-state index in [1.165, 1.54) is 12.3 Å². The lowest BCUT2D eigenvalue weighted by Gasteiger charge is -2.28. The molecule has 1 aliphatic heterocycles. The first-order chi connectivity index (χ1) is 8.93. The van der Waals surface area contributed by atoms with Gasteiger partial charge in [0.05, 0.1) is 6.61 Å². The standard InChI is InChI=1S/C11H17N3O5/c1-2-11(18)6(5-15)19-9(8(11)16)14-4-3-7(12)13-10(14)17/h3-4,6,8-9,15-16,18H,2,5H2,1H3,(H2,12,13,17)/t6-,8+,9-,11-/m1/s1. The third-order valence-electron chi connectivity index (χ3n) is 3.50. The van der Waals surface area contributed by atoms with Crippen molar-refractivity contribution in [1.29, 1.82) is 0 Å². The van der Waals surface area contributed by atoms with Crippen LogP contribution in [0.25, 0.3) is 0 Å². The van der Waals surface area contributed by atoms with Crippen molar-refractivity contribution in [3.05, 3.63) is 22.7 Å². The zero-order valence-electron chi connectivity index (χ0n) is 10.4. The van der Waals surface area contributed by atoms with Gasteiger partial charge in [0.1, 0.15) is 23.6 Å². The molecule has 19 heavy (non-hydrogen) atoms. The highest BCUT2D eigenvalue weighted by Gasteiger charge is 2.54. The first-order valence-electron chi connectivity index (χ1n) is 5.95. The Morgan fingerprint density at radius 2 is 2.32 bits per heavy atom. The maximum Gasteiger partial charge on any atom is 0.351 e. The molecule has 0 saturated carbocycles. The molecule has 0 spiro atoms. The molecule has 0 aromatic carbocycles. The van der Waals surface area contributed by atoms with E-state index in [4.69, 9.17) is 10.5 Å². The molecule has 106 valence electrons. The summed E-state index contributed by atoms with van der Waals surface area (Å²) in [5.41, 5.74) is 3.07. The highest BCUT2D eigenvalue weighted by molar-refractivity contribution is 5.23. The molecule has 0 unspecified atom stereocenters. The summed E-state index contributed by atoms with van der Waals surface area (Å²) < 4.78 is 6.41. The zero-order valence-corrected chi connectivity index (χ0v) is 10.4. The van der Waals surface area contributed by atoms with E-state index >= 15 is 0 Å². The quantitative estimate of drug-likeness (QED) is 0.511. The third kappa shape index (κ3) is 2.12. The second-order valence-electron chi connectivity index (χ2n) is 4.53. The van der Waals surface area contributed by atoms with Crippen LogP contribution in [0, 0.1) is 0 Å². The second-order valence-corrected chi connectivity index (χ2v) is 4.53. The lowest BCUT2D eigenvalue weighted by Crippen LogP contribution is -2.48. The molecule has 0 amide bonds. The van der Waals surface area contributed by atoms with Crippen LogP contribution in [0.4, 0.5) is 5.82 Å². The van der Waals surface area contributed by atoms with Crippen LogP contribution in [0.2, 0.25) is 0 Å². The van der Waals surface area contributed by atoms with Gasteiger partial charge in [0.15, 0.2) is 6.23 Å². The normalized spacial score (nSPS) is 34.6. The number of aliphatic hydroxyl groups is 3. The molecule has 1 aromatic rings. The number of hydrogen-bond donors (Lipinski definition) is 4. The molecule has 2 rings (SSSR count). The van der Waals surface area contributed by atoms with Gasteiger partial charge < -0.3 is 25.8 Å². The van der Waals surface area contributed by atoms with Crippen molar-refractivity contribution in [1.82, 2.24) is 9.55 Å². The summed E-state index contributed by atoms with van der Waals surface area (Å²) in [7, 11) is 0. The lowest BCUT2D eigenvalue weighted by molar-refractivity contribution is -0.0945. The summed E-state index contributed by atoms with van der Waals surface area (Å²) in [6, 6.07) is 1.38. The maximum atomic E-state index is 11.7. The van der Waals surface area contributed by atoms with E-state index in [-0.39, 0.29) is 12.2 Å². The van der Waals surface area contributed by atoms with E-state index < -0.39 is 36.3 Å². The number of nitrogens with zero attached hydrogens (tertiary/aromatic N) is 2. The molecule has 8 heteroatoms. The van der Waals surface area contributed by atoms with Gasteiger partial charge in [0.25, 0.3) is 0 Å². The topological polar surface area (TPSA) is 131 Å². The zero-order chi connectivity index (χ0) is 14.2. The summed E-state index contributed by atoms with van der Waals surface area (Å²) in [6.45, 7) is 1.19. The van der Waals surface area contributed by atoms with E-state index in [0.717, 1.165) is 4.57 Å². The number of aliphatic hydroxyl groups excluding tert-OH is 2. The van der Waals surface area contributed by atoms with Gasteiger partial charge in [0, 0.05) is 6.20 Å². The van der Waals surface area contributed by atoms with Gasteiger partial charge in [-0.3, -0.25) is 4.57 Å². The molecule has 1 fully saturated rings. The average Bonchev–Trinajstić information content (AvgIpc) is 2.63. The van der Waals surface area contributed by atoms with Crippen LogP contribution in [-0.2, 0) is 4.74 Å². The van der Waals surface area contributed by atoms with Crippen molar-refractivity contribution in [3.8, 4) is 0 Å².